The second-order valence-corrected chi connectivity index (χ2v) is 3.30. The average molecular weight is 239 g/mol. The molecule has 0 N–H and O–H groups in total. The monoisotopic (exact) mass is 238 g/mol. The molecule has 15 heavy (non-hydrogen) atoms. The largest absolute Gasteiger partial charge is 0.416 e. The third-order valence-corrected chi connectivity index (χ3v) is 2.32. The van der Waals surface area contributed by atoms with Crippen LogP contribution in [0.25, 0.3) is 0 Å². The molecule has 0 atom stereocenters. The molecule has 0 aromatic heterocycles. The van der Waals surface area contributed by atoms with Gasteiger partial charge in [-0.05, 0) is 37.1 Å². The lowest BCUT2D eigenvalue weighted by Gasteiger charge is -2.10. The van der Waals surface area contributed by atoms with Gasteiger partial charge >= 0.3 is 6.18 Å². The van der Waals surface area contributed by atoms with Crippen molar-refractivity contribution in [3.8, 4) is 0 Å². The van der Waals surface area contributed by atoms with Crippen LogP contribution in [-0.4, -0.2) is 0 Å². The number of rotatable bonds is 0. The van der Waals surface area contributed by atoms with Crippen LogP contribution in [0.1, 0.15) is 30.5 Å². The van der Waals surface area contributed by atoms with E-state index >= 15 is 0 Å². The van der Waals surface area contributed by atoms with Gasteiger partial charge < -0.3 is 0 Å². The molecular weight excluding hydrogens is 225 g/mol. The summed E-state index contributed by atoms with van der Waals surface area (Å²) in [5.74, 6) is 0. The average Bonchev–Trinajstić information content (AvgIpc) is 2.15. The van der Waals surface area contributed by atoms with E-state index in [0.717, 1.165) is 12.1 Å². The lowest BCUT2D eigenvalue weighted by molar-refractivity contribution is -0.137. The lowest BCUT2D eigenvalue weighted by Crippen LogP contribution is -2.05. The Kier molecular flexibility index (Phi) is 5.15. The lowest BCUT2D eigenvalue weighted by atomic mass is 10.1. The van der Waals surface area contributed by atoms with Crippen LogP contribution in [0.2, 0.25) is 5.02 Å². The van der Waals surface area contributed by atoms with Crippen molar-refractivity contribution in [2.75, 3.05) is 0 Å². The van der Waals surface area contributed by atoms with E-state index in [1.54, 1.807) is 13.8 Å². The Morgan fingerprint density at radius 1 is 1.07 bits per heavy atom. The number of alkyl halides is 3. The molecule has 0 amide bonds. The number of halogens is 4. The van der Waals surface area contributed by atoms with E-state index in [4.69, 9.17) is 11.6 Å². The third kappa shape index (κ3) is 3.74. The normalized spacial score (nSPS) is 10.7. The highest BCUT2D eigenvalue weighted by Gasteiger charge is 2.31. The minimum atomic E-state index is -4.32. The predicted octanol–water partition coefficient (Wildman–Crippen LogP) is 5.00. The number of hydrogen-bond donors (Lipinski definition) is 0. The number of hydrogen-bond acceptors (Lipinski definition) is 0. The Balaban J connectivity index is 0.000000921. The molecule has 0 unspecified atom stereocenters. The Morgan fingerprint density at radius 3 is 1.87 bits per heavy atom. The van der Waals surface area contributed by atoms with Gasteiger partial charge in [-0.3, -0.25) is 0 Å². The van der Waals surface area contributed by atoms with Crippen molar-refractivity contribution in [3.63, 3.8) is 0 Å². The van der Waals surface area contributed by atoms with Crippen LogP contribution in [0.5, 0.6) is 0 Å². The molecule has 0 aliphatic rings. The molecule has 1 aromatic carbocycles. The number of benzene rings is 1. The third-order valence-electron chi connectivity index (χ3n) is 1.93. The van der Waals surface area contributed by atoms with E-state index in [2.05, 4.69) is 0 Å². The van der Waals surface area contributed by atoms with E-state index in [0.29, 0.717) is 11.1 Å². The summed E-state index contributed by atoms with van der Waals surface area (Å²) in [4.78, 5) is 0. The summed E-state index contributed by atoms with van der Waals surface area (Å²) in [6.45, 7) is 7.30. The molecule has 86 valence electrons. The number of aryl methyl sites for hydroxylation is 1. The maximum Gasteiger partial charge on any atom is 0.416 e. The SMILES string of the molecule is CC.Cc1cc(C(F)(F)F)cc(Cl)c1C. The zero-order valence-corrected chi connectivity index (χ0v) is 9.92. The molecule has 0 saturated carbocycles. The fraction of sp³-hybridized carbons (Fsp3) is 0.455. The topological polar surface area (TPSA) is 0 Å². The van der Waals surface area contributed by atoms with Gasteiger partial charge in [0.05, 0.1) is 5.56 Å². The van der Waals surface area contributed by atoms with Crippen LogP contribution in [0.15, 0.2) is 12.1 Å². The van der Waals surface area contributed by atoms with Crippen molar-refractivity contribution in [2.24, 2.45) is 0 Å². The Labute approximate surface area is 93.1 Å². The molecule has 4 heteroatoms. The van der Waals surface area contributed by atoms with Crippen LogP contribution >= 0.6 is 11.6 Å². The highest BCUT2D eigenvalue weighted by Crippen LogP contribution is 2.33. The first-order chi connectivity index (χ1) is 6.82. The second kappa shape index (κ2) is 5.40. The quantitative estimate of drug-likeness (QED) is 0.597. The summed E-state index contributed by atoms with van der Waals surface area (Å²) in [6, 6.07) is 2.05. The highest BCUT2D eigenvalue weighted by molar-refractivity contribution is 6.31. The maximum absolute atomic E-state index is 12.2. The van der Waals surface area contributed by atoms with Gasteiger partial charge in [0.1, 0.15) is 0 Å². The van der Waals surface area contributed by atoms with Gasteiger partial charge in [0.15, 0.2) is 0 Å². The standard InChI is InChI=1S/C9H8ClF3.C2H6/c1-5-3-7(9(11,12)13)4-8(10)6(5)2;1-2/h3-4H,1-2H3;1-2H3. The van der Waals surface area contributed by atoms with Gasteiger partial charge in [-0.1, -0.05) is 25.4 Å². The molecule has 0 nitrogen and oxygen atoms in total. The molecular formula is C11H14ClF3. The summed E-state index contributed by atoms with van der Waals surface area (Å²) < 4.78 is 36.7. The molecule has 0 heterocycles. The van der Waals surface area contributed by atoms with Crippen molar-refractivity contribution in [2.45, 2.75) is 33.9 Å². The van der Waals surface area contributed by atoms with Gasteiger partial charge in [0.25, 0.3) is 0 Å². The minimum absolute atomic E-state index is 0.160. The van der Waals surface area contributed by atoms with Crippen LogP contribution in [0, 0.1) is 13.8 Å². The smallest absolute Gasteiger partial charge is 0.166 e. The summed E-state index contributed by atoms with van der Waals surface area (Å²) in [7, 11) is 0. The van der Waals surface area contributed by atoms with Crippen LogP contribution in [-0.2, 0) is 6.18 Å². The van der Waals surface area contributed by atoms with Crippen molar-refractivity contribution in [1.82, 2.24) is 0 Å². The Bertz CT molecular complexity index is 306. The first-order valence-electron chi connectivity index (χ1n) is 4.66. The summed E-state index contributed by atoms with van der Waals surface area (Å²) in [5, 5.41) is 0.160. The minimum Gasteiger partial charge on any atom is -0.166 e. The van der Waals surface area contributed by atoms with Crippen molar-refractivity contribution in [1.29, 1.82) is 0 Å². The molecule has 0 bridgehead atoms. The van der Waals surface area contributed by atoms with Crippen molar-refractivity contribution in [3.05, 3.63) is 33.8 Å². The van der Waals surface area contributed by atoms with Crippen LogP contribution < -0.4 is 0 Å². The zero-order chi connectivity index (χ0) is 12.2. The molecule has 0 spiro atoms. The van der Waals surface area contributed by atoms with Gasteiger partial charge in [-0.25, -0.2) is 0 Å². The molecule has 0 saturated heterocycles. The summed E-state index contributed by atoms with van der Waals surface area (Å²) >= 11 is 5.63. The van der Waals surface area contributed by atoms with E-state index in [1.165, 1.54) is 0 Å². The van der Waals surface area contributed by atoms with E-state index < -0.39 is 11.7 Å². The van der Waals surface area contributed by atoms with Crippen LogP contribution in [0.4, 0.5) is 13.2 Å². The Hall–Kier alpha value is -0.700. The van der Waals surface area contributed by atoms with Crippen molar-refractivity contribution < 1.29 is 13.2 Å². The van der Waals surface area contributed by atoms with E-state index in [1.807, 2.05) is 13.8 Å². The van der Waals surface area contributed by atoms with Gasteiger partial charge in [-0.15, -0.1) is 0 Å². The van der Waals surface area contributed by atoms with Gasteiger partial charge in [0, 0.05) is 5.02 Å². The molecule has 0 aliphatic carbocycles. The van der Waals surface area contributed by atoms with Crippen LogP contribution in [0.3, 0.4) is 0 Å². The van der Waals surface area contributed by atoms with E-state index in [9.17, 15) is 13.2 Å². The highest BCUT2D eigenvalue weighted by atomic mass is 35.5. The first-order valence-corrected chi connectivity index (χ1v) is 5.04. The predicted molar refractivity (Wildman–Crippen MR) is 57.3 cm³/mol. The summed E-state index contributed by atoms with van der Waals surface area (Å²) in [6.07, 6.45) is -4.32. The van der Waals surface area contributed by atoms with Crippen molar-refractivity contribution >= 4 is 11.6 Å². The molecule has 0 aliphatic heterocycles. The van der Waals surface area contributed by atoms with E-state index in [-0.39, 0.29) is 5.02 Å². The second-order valence-electron chi connectivity index (χ2n) is 2.90. The Morgan fingerprint density at radius 2 is 1.53 bits per heavy atom. The fourth-order valence-corrected chi connectivity index (χ4v) is 1.25. The van der Waals surface area contributed by atoms with Gasteiger partial charge in [0.2, 0.25) is 0 Å². The fourth-order valence-electron chi connectivity index (χ4n) is 0.980. The van der Waals surface area contributed by atoms with Gasteiger partial charge in [-0.2, -0.15) is 13.2 Å². The molecule has 0 fully saturated rings. The molecule has 1 aromatic rings. The first kappa shape index (κ1) is 14.3. The summed E-state index contributed by atoms with van der Waals surface area (Å²) in [5.41, 5.74) is 0.551. The maximum atomic E-state index is 12.2. The molecule has 0 radical (unpaired) electrons. The zero-order valence-electron chi connectivity index (χ0n) is 9.17. The molecule has 1 rings (SSSR count).